The smallest absolute Gasteiger partial charge is 0.331 e. The molecule has 27 heavy (non-hydrogen) atoms. The number of aromatic nitrogens is 3. The van der Waals surface area contributed by atoms with Gasteiger partial charge < -0.3 is 10.1 Å². The summed E-state index contributed by atoms with van der Waals surface area (Å²) in [5, 5.41) is 7.79. The maximum Gasteiger partial charge on any atom is 0.331 e. The van der Waals surface area contributed by atoms with Crippen molar-refractivity contribution in [3.63, 3.8) is 0 Å². The van der Waals surface area contributed by atoms with Crippen molar-refractivity contribution in [3.05, 3.63) is 60.4 Å². The molecule has 3 rings (SSSR count). The molecule has 2 aromatic heterocycles. The van der Waals surface area contributed by atoms with Gasteiger partial charge in [-0.1, -0.05) is 24.3 Å². The highest BCUT2D eigenvalue weighted by molar-refractivity contribution is 5.95. The molecule has 0 bridgehead atoms. The lowest BCUT2D eigenvalue weighted by Crippen LogP contribution is -2.22. The van der Waals surface area contributed by atoms with Crippen LogP contribution in [0, 0.1) is 0 Å². The number of carbonyl (C=O) groups is 2. The first-order chi connectivity index (χ1) is 13.0. The molecule has 0 aliphatic rings. The van der Waals surface area contributed by atoms with Crippen LogP contribution in [-0.4, -0.2) is 33.2 Å². The van der Waals surface area contributed by atoms with Crippen LogP contribution in [0.5, 0.6) is 0 Å². The van der Waals surface area contributed by atoms with Gasteiger partial charge in [0, 0.05) is 35.3 Å². The minimum atomic E-state index is -0.601. The number of ether oxygens (including phenoxy) is 1. The molecule has 1 amide bonds. The van der Waals surface area contributed by atoms with E-state index in [1.807, 2.05) is 44.2 Å². The molecule has 2 heterocycles. The van der Waals surface area contributed by atoms with Crippen LogP contribution in [0.4, 0.5) is 5.82 Å². The molecule has 1 N–H and O–H groups in total. The van der Waals surface area contributed by atoms with Gasteiger partial charge >= 0.3 is 5.97 Å². The molecule has 1 aromatic carbocycles. The highest BCUT2D eigenvalue weighted by Gasteiger charge is 2.11. The van der Waals surface area contributed by atoms with E-state index in [0.717, 1.165) is 16.5 Å². The van der Waals surface area contributed by atoms with Crippen LogP contribution in [0.2, 0.25) is 0 Å². The minimum Gasteiger partial charge on any atom is -0.452 e. The Morgan fingerprint density at radius 3 is 2.81 bits per heavy atom. The highest BCUT2D eigenvalue weighted by atomic mass is 16.5. The molecule has 0 saturated heterocycles. The number of esters is 1. The molecular weight excluding hydrogens is 344 g/mol. The van der Waals surface area contributed by atoms with E-state index in [0.29, 0.717) is 5.82 Å². The molecule has 0 aliphatic heterocycles. The van der Waals surface area contributed by atoms with Gasteiger partial charge in [-0.3, -0.25) is 9.78 Å². The Kier molecular flexibility index (Phi) is 5.61. The Labute approximate surface area is 156 Å². The van der Waals surface area contributed by atoms with Gasteiger partial charge in [-0.05, 0) is 26.0 Å². The number of hydrogen-bond donors (Lipinski definition) is 1. The maximum absolute atomic E-state index is 12.0. The van der Waals surface area contributed by atoms with Crippen molar-refractivity contribution in [2.45, 2.75) is 19.9 Å². The fraction of sp³-hybridized carbons (Fsp3) is 0.200. The summed E-state index contributed by atoms with van der Waals surface area (Å²) in [6.45, 7) is 3.53. The number of carbonyl (C=O) groups excluding carboxylic acids is 2. The Morgan fingerprint density at radius 2 is 2.00 bits per heavy atom. The third kappa shape index (κ3) is 4.58. The fourth-order valence-electron chi connectivity index (χ4n) is 2.61. The van der Waals surface area contributed by atoms with Crippen molar-refractivity contribution in [1.29, 1.82) is 0 Å². The third-order valence-corrected chi connectivity index (χ3v) is 3.84. The van der Waals surface area contributed by atoms with Crippen LogP contribution < -0.4 is 5.32 Å². The second-order valence-corrected chi connectivity index (χ2v) is 6.17. The zero-order chi connectivity index (χ0) is 19.2. The van der Waals surface area contributed by atoms with E-state index in [1.54, 1.807) is 29.2 Å². The number of para-hydroxylation sites is 1. The lowest BCUT2D eigenvalue weighted by atomic mass is 10.1. The first-order valence-electron chi connectivity index (χ1n) is 8.56. The van der Waals surface area contributed by atoms with Gasteiger partial charge in [0.25, 0.3) is 5.91 Å². The molecule has 0 spiro atoms. The molecule has 3 aromatic rings. The predicted octanol–water partition coefficient (Wildman–Crippen LogP) is 3.21. The summed E-state index contributed by atoms with van der Waals surface area (Å²) in [6.07, 6.45) is 6.21. The summed E-state index contributed by atoms with van der Waals surface area (Å²) in [5.74, 6) is -0.468. The number of amides is 1. The van der Waals surface area contributed by atoms with Crippen molar-refractivity contribution in [1.82, 2.24) is 14.8 Å². The zero-order valence-electron chi connectivity index (χ0n) is 15.1. The Hall–Kier alpha value is -3.48. The van der Waals surface area contributed by atoms with E-state index >= 15 is 0 Å². The van der Waals surface area contributed by atoms with Gasteiger partial charge in [-0.15, -0.1) is 0 Å². The summed E-state index contributed by atoms with van der Waals surface area (Å²) in [7, 11) is 0. The van der Waals surface area contributed by atoms with Gasteiger partial charge in [-0.2, -0.15) is 5.10 Å². The summed E-state index contributed by atoms with van der Waals surface area (Å²) >= 11 is 0. The minimum absolute atomic E-state index is 0.107. The van der Waals surface area contributed by atoms with Crippen LogP contribution in [0.15, 0.2) is 54.9 Å². The topological polar surface area (TPSA) is 86.1 Å². The second kappa shape index (κ2) is 8.27. The van der Waals surface area contributed by atoms with E-state index in [-0.39, 0.29) is 12.6 Å². The van der Waals surface area contributed by atoms with E-state index in [1.165, 1.54) is 6.08 Å². The second-order valence-electron chi connectivity index (χ2n) is 6.17. The SMILES string of the molecule is CC(C)n1nccc1NC(=O)COC(=O)/C=C/c1cccc2cccnc12. The first-order valence-corrected chi connectivity index (χ1v) is 8.56. The predicted molar refractivity (Wildman–Crippen MR) is 103 cm³/mol. The Morgan fingerprint density at radius 1 is 1.19 bits per heavy atom. The van der Waals surface area contributed by atoms with Crippen LogP contribution in [0.3, 0.4) is 0 Å². The van der Waals surface area contributed by atoms with Crippen LogP contribution >= 0.6 is 0 Å². The average molecular weight is 364 g/mol. The molecule has 0 aliphatic carbocycles. The normalized spacial score (nSPS) is 11.2. The molecule has 138 valence electrons. The number of nitrogens with zero attached hydrogens (tertiary/aromatic N) is 3. The molecular formula is C20H20N4O3. The molecule has 0 unspecified atom stereocenters. The van der Waals surface area contributed by atoms with Crippen molar-refractivity contribution in [2.24, 2.45) is 0 Å². The molecule has 7 heteroatoms. The van der Waals surface area contributed by atoms with Crippen LogP contribution in [0.1, 0.15) is 25.5 Å². The standard InChI is InChI=1S/C20H20N4O3/c1-14(2)24-17(10-12-22-24)23-18(25)13-27-19(26)9-8-16-6-3-5-15-7-4-11-21-20(15)16/h3-12,14H,13H2,1-2H3,(H,23,25)/b9-8+. The number of nitrogens with one attached hydrogen (secondary N) is 1. The van der Waals surface area contributed by atoms with E-state index < -0.39 is 11.9 Å². The number of fused-ring (bicyclic) bond motifs is 1. The average Bonchev–Trinajstić information content (AvgIpc) is 3.13. The lowest BCUT2D eigenvalue weighted by Gasteiger charge is -2.11. The number of hydrogen-bond acceptors (Lipinski definition) is 5. The molecule has 0 fully saturated rings. The number of benzene rings is 1. The molecule has 0 radical (unpaired) electrons. The Bertz CT molecular complexity index is 986. The largest absolute Gasteiger partial charge is 0.452 e. The summed E-state index contributed by atoms with van der Waals surface area (Å²) in [5.41, 5.74) is 1.60. The van der Waals surface area contributed by atoms with Gasteiger partial charge in [0.1, 0.15) is 5.82 Å². The quantitative estimate of drug-likeness (QED) is 0.536. The fourth-order valence-corrected chi connectivity index (χ4v) is 2.61. The molecule has 0 atom stereocenters. The summed E-state index contributed by atoms with van der Waals surface area (Å²) < 4.78 is 6.67. The molecule has 0 saturated carbocycles. The van der Waals surface area contributed by atoms with Crippen molar-refractivity contribution in [3.8, 4) is 0 Å². The Balaban J connectivity index is 1.57. The summed E-state index contributed by atoms with van der Waals surface area (Å²) in [6, 6.07) is 11.3. The maximum atomic E-state index is 12.0. The number of anilines is 1. The highest BCUT2D eigenvalue weighted by Crippen LogP contribution is 2.17. The number of pyridine rings is 1. The first kappa shape index (κ1) is 18.3. The van der Waals surface area contributed by atoms with Crippen LogP contribution in [-0.2, 0) is 14.3 Å². The van der Waals surface area contributed by atoms with Gasteiger partial charge in [0.15, 0.2) is 6.61 Å². The van der Waals surface area contributed by atoms with Gasteiger partial charge in [0.05, 0.1) is 11.7 Å². The summed E-state index contributed by atoms with van der Waals surface area (Å²) in [4.78, 5) is 28.2. The van der Waals surface area contributed by atoms with Crippen molar-refractivity contribution < 1.29 is 14.3 Å². The van der Waals surface area contributed by atoms with Gasteiger partial charge in [0.2, 0.25) is 0 Å². The van der Waals surface area contributed by atoms with E-state index in [2.05, 4.69) is 15.4 Å². The zero-order valence-corrected chi connectivity index (χ0v) is 15.1. The number of rotatable bonds is 6. The van der Waals surface area contributed by atoms with Crippen LogP contribution in [0.25, 0.3) is 17.0 Å². The van der Waals surface area contributed by atoms with Gasteiger partial charge in [-0.25, -0.2) is 9.48 Å². The van der Waals surface area contributed by atoms with Crippen molar-refractivity contribution >= 4 is 34.7 Å². The monoisotopic (exact) mass is 364 g/mol. The van der Waals surface area contributed by atoms with E-state index in [4.69, 9.17) is 4.74 Å². The third-order valence-electron chi connectivity index (χ3n) is 3.84. The van der Waals surface area contributed by atoms with E-state index in [9.17, 15) is 9.59 Å². The van der Waals surface area contributed by atoms with Crippen molar-refractivity contribution in [2.75, 3.05) is 11.9 Å². The molecule has 7 nitrogen and oxygen atoms in total. The lowest BCUT2D eigenvalue weighted by molar-refractivity contribution is -0.142.